The summed E-state index contributed by atoms with van der Waals surface area (Å²) in [5, 5.41) is 2.57. The zero-order valence-electron chi connectivity index (χ0n) is 10.7. The lowest BCUT2D eigenvalue weighted by atomic mass is 10.2. The predicted molar refractivity (Wildman–Crippen MR) is 75.6 cm³/mol. The van der Waals surface area contributed by atoms with E-state index in [1.54, 1.807) is 18.3 Å². The maximum atomic E-state index is 12.3. The van der Waals surface area contributed by atoms with Gasteiger partial charge < -0.3 is 10.1 Å². The highest BCUT2D eigenvalue weighted by Gasteiger charge is 2.20. The van der Waals surface area contributed by atoms with Crippen LogP contribution < -0.4 is 14.8 Å². The van der Waals surface area contributed by atoms with Gasteiger partial charge in [0, 0.05) is 6.20 Å². The second-order valence-electron chi connectivity index (χ2n) is 4.34. The van der Waals surface area contributed by atoms with Gasteiger partial charge in [-0.25, -0.2) is 8.42 Å². The van der Waals surface area contributed by atoms with Crippen LogP contribution in [0.5, 0.6) is 5.75 Å². The maximum absolute atomic E-state index is 12.3. The second-order valence-corrected chi connectivity index (χ2v) is 6.02. The molecule has 1 aromatic heterocycles. The van der Waals surface area contributed by atoms with Crippen molar-refractivity contribution < 1.29 is 17.9 Å². The Labute approximate surface area is 121 Å². The van der Waals surface area contributed by atoms with Crippen LogP contribution in [0.4, 0.5) is 11.4 Å². The van der Waals surface area contributed by atoms with Crippen LogP contribution in [0.3, 0.4) is 0 Å². The van der Waals surface area contributed by atoms with Crippen LogP contribution in [0, 0.1) is 0 Å². The summed E-state index contributed by atoms with van der Waals surface area (Å²) in [5.74, 6) is 0.118. The minimum Gasteiger partial charge on any atom is -0.482 e. The molecule has 0 unspecified atom stereocenters. The van der Waals surface area contributed by atoms with Crippen molar-refractivity contribution in [2.75, 3.05) is 16.6 Å². The number of benzene rings is 1. The van der Waals surface area contributed by atoms with Crippen LogP contribution >= 0.6 is 0 Å². The van der Waals surface area contributed by atoms with E-state index >= 15 is 0 Å². The number of ether oxygens (including phenoxy) is 1. The lowest BCUT2D eigenvalue weighted by molar-refractivity contribution is -0.118. The molecule has 108 valence electrons. The number of carbonyl (C=O) groups excluding carboxylic acids is 1. The lowest BCUT2D eigenvalue weighted by Crippen LogP contribution is -2.25. The van der Waals surface area contributed by atoms with Gasteiger partial charge in [0.15, 0.2) is 6.61 Å². The van der Waals surface area contributed by atoms with Crippen molar-refractivity contribution in [3.05, 3.63) is 42.7 Å². The van der Waals surface area contributed by atoms with Crippen molar-refractivity contribution in [2.45, 2.75) is 4.90 Å². The smallest absolute Gasteiger partial charge is 0.262 e. The number of hydrogen-bond donors (Lipinski definition) is 2. The molecule has 1 aliphatic rings. The van der Waals surface area contributed by atoms with Gasteiger partial charge in [-0.05, 0) is 30.3 Å². The average molecular weight is 305 g/mol. The van der Waals surface area contributed by atoms with E-state index in [9.17, 15) is 13.2 Å². The van der Waals surface area contributed by atoms with Gasteiger partial charge in [0.25, 0.3) is 15.9 Å². The molecule has 1 aliphatic heterocycles. The number of hydrogen-bond acceptors (Lipinski definition) is 5. The number of carbonyl (C=O) groups is 1. The Kier molecular flexibility index (Phi) is 3.22. The molecule has 1 aromatic carbocycles. The van der Waals surface area contributed by atoms with Crippen LogP contribution in [-0.2, 0) is 14.8 Å². The highest BCUT2D eigenvalue weighted by atomic mass is 32.2. The zero-order chi connectivity index (χ0) is 14.9. The third-order valence-electron chi connectivity index (χ3n) is 2.81. The molecule has 1 amide bonds. The normalized spacial score (nSPS) is 13.8. The average Bonchev–Trinajstić information content (AvgIpc) is 2.47. The number of rotatable bonds is 3. The standard InChI is InChI=1S/C13H11N3O4S/c17-13-8-20-12-4-3-10(6-11(12)15-13)21(18,19)16-9-2-1-5-14-7-9/h1-7,16H,8H2,(H,15,17). The van der Waals surface area contributed by atoms with E-state index in [4.69, 9.17) is 4.74 Å². The maximum Gasteiger partial charge on any atom is 0.262 e. The lowest BCUT2D eigenvalue weighted by Gasteiger charge is -2.18. The summed E-state index contributed by atoms with van der Waals surface area (Å²) in [7, 11) is -3.76. The van der Waals surface area contributed by atoms with E-state index in [-0.39, 0.29) is 17.4 Å². The molecule has 21 heavy (non-hydrogen) atoms. The summed E-state index contributed by atoms with van der Waals surface area (Å²) in [4.78, 5) is 15.1. The van der Waals surface area contributed by atoms with Crippen molar-refractivity contribution >= 4 is 27.3 Å². The Morgan fingerprint density at radius 2 is 2.14 bits per heavy atom. The van der Waals surface area contributed by atoms with Crippen LogP contribution in [0.1, 0.15) is 0 Å². The molecule has 2 aromatic rings. The Morgan fingerprint density at radius 3 is 2.90 bits per heavy atom. The molecule has 0 saturated carbocycles. The fourth-order valence-electron chi connectivity index (χ4n) is 1.87. The Bertz CT molecular complexity index is 790. The fourth-order valence-corrected chi connectivity index (χ4v) is 2.94. The van der Waals surface area contributed by atoms with Gasteiger partial charge in [-0.2, -0.15) is 0 Å². The van der Waals surface area contributed by atoms with Crippen molar-refractivity contribution in [1.82, 2.24) is 4.98 Å². The highest BCUT2D eigenvalue weighted by Crippen LogP contribution is 2.30. The number of sulfonamides is 1. The highest BCUT2D eigenvalue weighted by molar-refractivity contribution is 7.92. The van der Waals surface area contributed by atoms with Crippen LogP contribution in [0.25, 0.3) is 0 Å². The van der Waals surface area contributed by atoms with Gasteiger partial charge in [0.05, 0.1) is 22.5 Å². The first kappa shape index (κ1) is 13.4. The molecular formula is C13H11N3O4S. The number of anilines is 2. The van der Waals surface area contributed by atoms with Gasteiger partial charge >= 0.3 is 0 Å². The van der Waals surface area contributed by atoms with E-state index < -0.39 is 10.0 Å². The van der Waals surface area contributed by atoms with E-state index in [2.05, 4.69) is 15.0 Å². The molecule has 7 nitrogen and oxygen atoms in total. The van der Waals surface area contributed by atoms with Crippen LogP contribution in [0.2, 0.25) is 0 Å². The first-order valence-corrected chi connectivity index (χ1v) is 7.52. The van der Waals surface area contributed by atoms with Crippen molar-refractivity contribution in [3.63, 3.8) is 0 Å². The van der Waals surface area contributed by atoms with E-state index in [0.717, 1.165) is 0 Å². The van der Waals surface area contributed by atoms with Gasteiger partial charge in [0.2, 0.25) is 0 Å². The van der Waals surface area contributed by atoms with E-state index in [1.807, 2.05) is 0 Å². The third kappa shape index (κ3) is 2.79. The molecule has 2 N–H and O–H groups in total. The number of pyridine rings is 1. The molecule has 0 spiro atoms. The van der Waals surface area contributed by atoms with Gasteiger partial charge in [0.1, 0.15) is 5.75 Å². The summed E-state index contributed by atoms with van der Waals surface area (Å²) in [6.07, 6.45) is 2.95. The molecule has 0 bridgehead atoms. The molecule has 0 atom stereocenters. The summed E-state index contributed by atoms with van der Waals surface area (Å²) in [6.45, 7) is -0.0764. The molecule has 8 heteroatoms. The minimum absolute atomic E-state index is 0.0240. The molecule has 0 radical (unpaired) electrons. The molecule has 0 saturated heterocycles. The Morgan fingerprint density at radius 1 is 1.29 bits per heavy atom. The van der Waals surface area contributed by atoms with Crippen LogP contribution in [-0.4, -0.2) is 25.9 Å². The SMILES string of the molecule is O=C1COc2ccc(S(=O)(=O)Nc3cccnc3)cc2N1. The van der Waals surface area contributed by atoms with Gasteiger partial charge in [-0.15, -0.1) is 0 Å². The van der Waals surface area contributed by atoms with E-state index in [1.165, 1.54) is 24.4 Å². The third-order valence-corrected chi connectivity index (χ3v) is 4.19. The number of nitrogens with one attached hydrogen (secondary N) is 2. The number of amides is 1. The summed E-state index contributed by atoms with van der Waals surface area (Å²) in [5.41, 5.74) is 0.691. The fraction of sp³-hybridized carbons (Fsp3) is 0.0769. The molecule has 0 fully saturated rings. The number of fused-ring (bicyclic) bond motifs is 1. The summed E-state index contributed by atoms with van der Waals surface area (Å²) < 4.78 is 32.1. The second kappa shape index (κ2) is 5.06. The number of aromatic nitrogens is 1. The van der Waals surface area contributed by atoms with Crippen molar-refractivity contribution in [2.24, 2.45) is 0 Å². The van der Waals surface area contributed by atoms with Gasteiger partial charge in [-0.3, -0.25) is 14.5 Å². The first-order chi connectivity index (χ1) is 10.0. The molecule has 3 rings (SSSR count). The van der Waals surface area contributed by atoms with Crippen molar-refractivity contribution in [1.29, 1.82) is 0 Å². The molecular weight excluding hydrogens is 294 g/mol. The van der Waals surface area contributed by atoms with Gasteiger partial charge in [-0.1, -0.05) is 0 Å². The Hall–Kier alpha value is -2.61. The summed E-state index contributed by atoms with van der Waals surface area (Å²) in [6, 6.07) is 7.49. The number of nitrogens with zero attached hydrogens (tertiary/aromatic N) is 1. The first-order valence-electron chi connectivity index (χ1n) is 6.04. The monoisotopic (exact) mass is 305 g/mol. The van der Waals surface area contributed by atoms with E-state index in [0.29, 0.717) is 17.1 Å². The Balaban J connectivity index is 1.93. The molecule has 0 aliphatic carbocycles. The predicted octanol–water partition coefficient (Wildman–Crippen LogP) is 1.21. The largest absolute Gasteiger partial charge is 0.482 e. The zero-order valence-corrected chi connectivity index (χ0v) is 11.6. The van der Waals surface area contributed by atoms with Crippen LogP contribution in [0.15, 0.2) is 47.6 Å². The topological polar surface area (TPSA) is 97.4 Å². The quantitative estimate of drug-likeness (QED) is 0.888. The van der Waals surface area contributed by atoms with Crippen molar-refractivity contribution in [3.8, 4) is 5.75 Å². The summed E-state index contributed by atoms with van der Waals surface area (Å²) >= 11 is 0. The molecule has 2 heterocycles. The minimum atomic E-state index is -3.76.